The summed E-state index contributed by atoms with van der Waals surface area (Å²) in [5.41, 5.74) is 1.22. The molecule has 2 nitrogen and oxygen atoms in total. The number of hydrogen-bond donors (Lipinski definition) is 1. The van der Waals surface area contributed by atoms with Crippen LogP contribution in [0.15, 0.2) is 41.8 Å². The molecule has 0 saturated heterocycles. The Labute approximate surface area is 144 Å². The van der Waals surface area contributed by atoms with Gasteiger partial charge in [-0.05, 0) is 41.7 Å². The molecule has 1 aliphatic carbocycles. The maximum atomic E-state index is 12.1. The van der Waals surface area contributed by atoms with Crippen molar-refractivity contribution in [2.75, 3.05) is 0 Å². The molecule has 2 aromatic rings. The van der Waals surface area contributed by atoms with Gasteiger partial charge in [0.2, 0.25) is 5.91 Å². The van der Waals surface area contributed by atoms with Crippen molar-refractivity contribution in [1.29, 1.82) is 0 Å². The maximum Gasteiger partial charge on any atom is 0.227 e. The number of fused-ring (bicyclic) bond motifs is 1. The van der Waals surface area contributed by atoms with Gasteiger partial charge in [0.05, 0.1) is 5.92 Å². The van der Waals surface area contributed by atoms with Crippen LogP contribution < -0.4 is 5.32 Å². The maximum absolute atomic E-state index is 12.1. The van der Waals surface area contributed by atoms with Crippen molar-refractivity contribution in [3.8, 4) is 0 Å². The SMILES string of the molecule is CC.CC.O=C(NCc1csc2ccccc12)C1C=CCCC1. The van der Waals surface area contributed by atoms with E-state index in [0.717, 1.165) is 19.3 Å². The minimum absolute atomic E-state index is 0.0682. The van der Waals surface area contributed by atoms with E-state index in [-0.39, 0.29) is 11.8 Å². The Bertz CT molecular complexity index is 615. The molecule has 23 heavy (non-hydrogen) atoms. The van der Waals surface area contributed by atoms with Crippen molar-refractivity contribution < 1.29 is 4.79 Å². The van der Waals surface area contributed by atoms with Crippen LogP contribution in [0.1, 0.15) is 52.5 Å². The number of carbonyl (C=O) groups excluding carboxylic acids is 1. The minimum atomic E-state index is 0.0682. The Morgan fingerprint density at radius 3 is 2.65 bits per heavy atom. The normalized spacial score (nSPS) is 15.9. The first kappa shape index (κ1) is 19.4. The zero-order chi connectivity index (χ0) is 17.1. The molecule has 1 aromatic carbocycles. The van der Waals surface area contributed by atoms with Crippen molar-refractivity contribution in [3.63, 3.8) is 0 Å². The van der Waals surface area contributed by atoms with E-state index in [2.05, 4.69) is 28.9 Å². The highest BCUT2D eigenvalue weighted by molar-refractivity contribution is 7.17. The molecule has 3 rings (SSSR count). The van der Waals surface area contributed by atoms with Crippen LogP contribution in [-0.2, 0) is 11.3 Å². The molecule has 0 spiro atoms. The predicted molar refractivity (Wildman–Crippen MR) is 103 cm³/mol. The molecule has 0 aliphatic heterocycles. The Kier molecular flexibility index (Phi) is 9.30. The number of thiophene rings is 1. The van der Waals surface area contributed by atoms with Crippen molar-refractivity contribution in [3.05, 3.63) is 47.4 Å². The molecule has 1 N–H and O–H groups in total. The molecule has 1 aromatic heterocycles. The van der Waals surface area contributed by atoms with Crippen LogP contribution in [0.5, 0.6) is 0 Å². The Balaban J connectivity index is 0.000000615. The smallest absolute Gasteiger partial charge is 0.227 e. The molecule has 0 fully saturated rings. The average molecular weight is 332 g/mol. The second kappa shape index (κ2) is 11.0. The monoisotopic (exact) mass is 331 g/mol. The highest BCUT2D eigenvalue weighted by Crippen LogP contribution is 2.25. The Hall–Kier alpha value is -1.61. The quantitative estimate of drug-likeness (QED) is 0.694. The van der Waals surface area contributed by atoms with Crippen LogP contribution >= 0.6 is 11.3 Å². The second-order valence-corrected chi connectivity index (χ2v) is 5.85. The largest absolute Gasteiger partial charge is 0.351 e. The van der Waals surface area contributed by atoms with E-state index >= 15 is 0 Å². The van der Waals surface area contributed by atoms with Crippen LogP contribution in [0.4, 0.5) is 0 Å². The van der Waals surface area contributed by atoms with Crippen molar-refractivity contribution >= 4 is 27.3 Å². The van der Waals surface area contributed by atoms with Crippen molar-refractivity contribution in [2.24, 2.45) is 5.92 Å². The van der Waals surface area contributed by atoms with Gasteiger partial charge in [0.1, 0.15) is 0 Å². The number of amides is 1. The molecular formula is C20H29NOS. The van der Waals surface area contributed by atoms with Gasteiger partial charge in [-0.2, -0.15) is 0 Å². The van der Waals surface area contributed by atoms with E-state index in [1.54, 1.807) is 11.3 Å². The van der Waals surface area contributed by atoms with Crippen LogP contribution in [0.2, 0.25) is 0 Å². The third kappa shape index (κ3) is 5.51. The molecule has 1 unspecified atom stereocenters. The topological polar surface area (TPSA) is 29.1 Å². The molecule has 0 bridgehead atoms. The lowest BCUT2D eigenvalue weighted by molar-refractivity contribution is -0.124. The summed E-state index contributed by atoms with van der Waals surface area (Å²) in [5.74, 6) is 0.227. The summed E-state index contributed by atoms with van der Waals surface area (Å²) in [6.45, 7) is 8.63. The number of hydrogen-bond acceptors (Lipinski definition) is 2. The van der Waals surface area contributed by atoms with E-state index < -0.39 is 0 Å². The fourth-order valence-corrected chi connectivity index (χ4v) is 3.48. The zero-order valence-corrected chi connectivity index (χ0v) is 15.6. The Morgan fingerprint density at radius 1 is 1.22 bits per heavy atom. The summed E-state index contributed by atoms with van der Waals surface area (Å²) in [6.07, 6.45) is 7.37. The zero-order valence-electron chi connectivity index (χ0n) is 14.8. The molecule has 1 atom stereocenters. The molecule has 3 heteroatoms. The molecular weight excluding hydrogens is 302 g/mol. The van der Waals surface area contributed by atoms with Gasteiger partial charge >= 0.3 is 0 Å². The molecule has 126 valence electrons. The Morgan fingerprint density at radius 2 is 1.96 bits per heavy atom. The first-order valence-electron chi connectivity index (χ1n) is 8.74. The highest BCUT2D eigenvalue weighted by Gasteiger charge is 2.17. The summed E-state index contributed by atoms with van der Waals surface area (Å²) < 4.78 is 1.28. The molecule has 1 heterocycles. The summed E-state index contributed by atoms with van der Waals surface area (Å²) >= 11 is 1.74. The predicted octanol–water partition coefficient (Wildman–Crippen LogP) is 5.93. The number of benzene rings is 1. The lowest BCUT2D eigenvalue weighted by Crippen LogP contribution is -2.29. The van der Waals surface area contributed by atoms with Gasteiger partial charge in [-0.3, -0.25) is 4.79 Å². The first-order chi connectivity index (χ1) is 11.3. The van der Waals surface area contributed by atoms with E-state index in [1.807, 2.05) is 45.9 Å². The number of allylic oxidation sites excluding steroid dienone is 1. The van der Waals surface area contributed by atoms with Crippen molar-refractivity contribution in [2.45, 2.75) is 53.5 Å². The van der Waals surface area contributed by atoms with Crippen LogP contribution in [0.25, 0.3) is 10.1 Å². The van der Waals surface area contributed by atoms with Gasteiger partial charge in [-0.25, -0.2) is 0 Å². The summed E-state index contributed by atoms with van der Waals surface area (Å²) in [4.78, 5) is 12.1. The lowest BCUT2D eigenvalue weighted by Gasteiger charge is -2.15. The van der Waals surface area contributed by atoms with Gasteiger partial charge in [0, 0.05) is 11.2 Å². The lowest BCUT2D eigenvalue weighted by atomic mass is 9.95. The first-order valence-corrected chi connectivity index (χ1v) is 9.62. The van der Waals surface area contributed by atoms with E-state index in [1.165, 1.54) is 15.6 Å². The third-order valence-electron chi connectivity index (χ3n) is 3.61. The van der Waals surface area contributed by atoms with Crippen LogP contribution in [-0.4, -0.2) is 5.91 Å². The van der Waals surface area contributed by atoms with E-state index in [0.29, 0.717) is 6.54 Å². The summed E-state index contributed by atoms with van der Waals surface area (Å²) in [5, 5.41) is 6.46. The number of carbonyl (C=O) groups is 1. The second-order valence-electron chi connectivity index (χ2n) is 4.94. The molecule has 0 saturated carbocycles. The fraction of sp³-hybridized carbons (Fsp3) is 0.450. The van der Waals surface area contributed by atoms with Gasteiger partial charge in [0.25, 0.3) is 0 Å². The number of nitrogens with one attached hydrogen (secondary N) is 1. The van der Waals surface area contributed by atoms with Crippen LogP contribution in [0.3, 0.4) is 0 Å². The number of rotatable bonds is 3. The van der Waals surface area contributed by atoms with Crippen molar-refractivity contribution in [1.82, 2.24) is 5.32 Å². The average Bonchev–Trinajstić information content (AvgIpc) is 3.07. The fourth-order valence-electron chi connectivity index (χ4n) is 2.51. The highest BCUT2D eigenvalue weighted by atomic mass is 32.1. The third-order valence-corrected chi connectivity index (χ3v) is 4.62. The van der Waals surface area contributed by atoms with Gasteiger partial charge < -0.3 is 5.32 Å². The van der Waals surface area contributed by atoms with Gasteiger partial charge in [-0.1, -0.05) is 58.0 Å². The molecule has 1 amide bonds. The molecule has 1 aliphatic rings. The standard InChI is InChI=1S/C16H17NOS.2C2H6/c18-16(12-6-2-1-3-7-12)17-10-13-11-19-15-9-5-4-8-14(13)15;2*1-2/h2,4-6,8-9,11-12H,1,3,7,10H2,(H,17,18);2*1-2H3. The summed E-state index contributed by atoms with van der Waals surface area (Å²) in [7, 11) is 0. The van der Waals surface area contributed by atoms with E-state index in [4.69, 9.17) is 0 Å². The molecule has 0 radical (unpaired) electrons. The summed E-state index contributed by atoms with van der Waals surface area (Å²) in [6, 6.07) is 8.33. The van der Waals surface area contributed by atoms with Gasteiger partial charge in [-0.15, -0.1) is 11.3 Å². The van der Waals surface area contributed by atoms with E-state index in [9.17, 15) is 4.79 Å². The minimum Gasteiger partial charge on any atom is -0.351 e. The van der Waals surface area contributed by atoms with Gasteiger partial charge in [0.15, 0.2) is 0 Å². The van der Waals surface area contributed by atoms with Crippen LogP contribution in [0, 0.1) is 5.92 Å².